The van der Waals surface area contributed by atoms with Gasteiger partial charge in [-0.15, -0.1) is 0 Å². The minimum Gasteiger partial charge on any atom is -0.435 e. The van der Waals surface area contributed by atoms with Gasteiger partial charge in [-0.1, -0.05) is 12.1 Å². The van der Waals surface area contributed by atoms with Gasteiger partial charge < -0.3 is 14.8 Å². The predicted octanol–water partition coefficient (Wildman–Crippen LogP) is 3.31. The summed E-state index contributed by atoms with van der Waals surface area (Å²) in [6.07, 6.45) is 7.14. The first kappa shape index (κ1) is 25.3. The maximum absolute atomic E-state index is 13.5. The van der Waals surface area contributed by atoms with Crippen LogP contribution in [0.3, 0.4) is 0 Å². The van der Waals surface area contributed by atoms with Gasteiger partial charge in [-0.05, 0) is 23.8 Å². The summed E-state index contributed by atoms with van der Waals surface area (Å²) in [4.78, 5) is 25.8. The summed E-state index contributed by atoms with van der Waals surface area (Å²) in [5.74, 6) is -0.796. The largest absolute Gasteiger partial charge is 0.435 e. The monoisotopic (exact) mass is 525 g/mol. The van der Waals surface area contributed by atoms with Gasteiger partial charge in [-0.2, -0.15) is 8.78 Å². The Balaban J connectivity index is 1.55. The molecule has 1 unspecified atom stereocenters. The number of aromatic nitrogens is 4. The van der Waals surface area contributed by atoms with Gasteiger partial charge in [-0.3, -0.25) is 14.3 Å². The first-order valence-electron chi connectivity index (χ1n) is 11.7. The van der Waals surface area contributed by atoms with E-state index in [4.69, 9.17) is 4.74 Å². The summed E-state index contributed by atoms with van der Waals surface area (Å²) in [6.45, 7) is -2.08. The molecule has 1 fully saturated rings. The van der Waals surface area contributed by atoms with Crippen molar-refractivity contribution in [2.75, 3.05) is 27.3 Å². The van der Waals surface area contributed by atoms with Crippen LogP contribution in [0.4, 0.5) is 13.2 Å². The summed E-state index contributed by atoms with van der Waals surface area (Å²) in [7, 11) is 3.82. The Morgan fingerprint density at radius 1 is 1.18 bits per heavy atom. The highest BCUT2D eigenvalue weighted by Gasteiger charge is 2.31. The number of nitrogens with zero attached hydrogens (tertiary/aromatic N) is 5. The Labute approximate surface area is 215 Å². The lowest BCUT2D eigenvalue weighted by molar-refractivity contribution is -0.461. The lowest BCUT2D eigenvalue weighted by atomic mass is 10.0. The molecule has 12 heteroatoms. The Hall–Kier alpha value is -4.32. The van der Waals surface area contributed by atoms with Crippen molar-refractivity contribution in [1.29, 1.82) is 0 Å². The van der Waals surface area contributed by atoms with Crippen molar-refractivity contribution >= 4 is 23.2 Å². The number of nitrogens with one attached hydrogen (secondary N) is 1. The van der Waals surface area contributed by atoms with Crippen LogP contribution >= 0.6 is 0 Å². The van der Waals surface area contributed by atoms with Crippen LogP contribution in [0.1, 0.15) is 10.4 Å². The van der Waals surface area contributed by atoms with Crippen molar-refractivity contribution in [2.45, 2.75) is 12.7 Å². The second kappa shape index (κ2) is 10.6. The number of rotatable bonds is 7. The lowest BCUT2D eigenvalue weighted by Crippen LogP contribution is -2.41. The molecule has 196 valence electrons. The summed E-state index contributed by atoms with van der Waals surface area (Å²) in [5, 5.41) is 3.01. The number of fused-ring (bicyclic) bond motifs is 1. The standard InChI is InChI=1S/C26H23F3N6O3/c1-34(2)11-17-13-37-14-21(17)33-24(36)16-7-22-23(30-8-16)20(12-35(22)26-31-9-18(27)10-32-26)15-4-3-5-19(6-15)38-25(28)29/h3-12,17,21,25H,13-14H2,1-2H3/p+1/t17?,21-/m0/s1. The minimum atomic E-state index is -2.97. The van der Waals surface area contributed by atoms with E-state index in [0.717, 1.165) is 12.4 Å². The van der Waals surface area contributed by atoms with Gasteiger partial charge in [-0.25, -0.2) is 18.9 Å². The highest BCUT2D eigenvalue weighted by Crippen LogP contribution is 2.33. The molecular formula is C26H24F3N6O3+. The van der Waals surface area contributed by atoms with Gasteiger partial charge in [0, 0.05) is 18.0 Å². The van der Waals surface area contributed by atoms with Gasteiger partial charge in [0.05, 0.1) is 54.2 Å². The van der Waals surface area contributed by atoms with E-state index >= 15 is 0 Å². The second-order valence-electron chi connectivity index (χ2n) is 9.01. The molecule has 1 saturated heterocycles. The van der Waals surface area contributed by atoms with Crippen molar-refractivity contribution in [3.8, 4) is 22.8 Å². The molecule has 1 N–H and O–H groups in total. The minimum absolute atomic E-state index is 0.0182. The molecule has 9 nitrogen and oxygen atoms in total. The summed E-state index contributed by atoms with van der Waals surface area (Å²) < 4.78 is 52.7. The van der Waals surface area contributed by atoms with Crippen LogP contribution in [-0.4, -0.2) is 76.2 Å². The third-order valence-electron chi connectivity index (χ3n) is 6.03. The number of ether oxygens (including phenoxy) is 2. The van der Waals surface area contributed by atoms with Gasteiger partial charge in [0.2, 0.25) is 5.95 Å². The van der Waals surface area contributed by atoms with Crippen LogP contribution in [0.25, 0.3) is 28.1 Å². The average Bonchev–Trinajstić information content (AvgIpc) is 3.48. The molecule has 4 heterocycles. The maximum atomic E-state index is 13.5. The van der Waals surface area contributed by atoms with Crippen molar-refractivity contribution in [1.82, 2.24) is 24.8 Å². The van der Waals surface area contributed by atoms with E-state index in [1.54, 1.807) is 29.0 Å². The Kier molecular flexibility index (Phi) is 7.05. The van der Waals surface area contributed by atoms with E-state index < -0.39 is 12.4 Å². The summed E-state index contributed by atoms with van der Waals surface area (Å²) in [6, 6.07) is 7.60. The van der Waals surface area contributed by atoms with Crippen LogP contribution in [0, 0.1) is 11.7 Å². The molecule has 4 aromatic rings. The zero-order valence-corrected chi connectivity index (χ0v) is 20.5. The first-order chi connectivity index (χ1) is 18.3. The summed E-state index contributed by atoms with van der Waals surface area (Å²) >= 11 is 0. The Morgan fingerprint density at radius 2 is 1.97 bits per heavy atom. The van der Waals surface area contributed by atoms with E-state index in [1.165, 1.54) is 18.3 Å². The fourth-order valence-electron chi connectivity index (χ4n) is 4.38. The zero-order chi connectivity index (χ0) is 26.8. The van der Waals surface area contributed by atoms with Crippen molar-refractivity contribution in [3.63, 3.8) is 0 Å². The van der Waals surface area contributed by atoms with Crippen molar-refractivity contribution in [3.05, 3.63) is 66.5 Å². The molecule has 1 aliphatic rings. The Morgan fingerprint density at radius 3 is 2.71 bits per heavy atom. The topological polar surface area (TPSA) is 94.2 Å². The average molecular weight is 526 g/mol. The van der Waals surface area contributed by atoms with Crippen LogP contribution in [-0.2, 0) is 4.74 Å². The van der Waals surface area contributed by atoms with E-state index in [1.807, 2.05) is 24.9 Å². The highest BCUT2D eigenvalue weighted by molar-refractivity contribution is 6.00. The van der Waals surface area contributed by atoms with Gasteiger partial charge in [0.15, 0.2) is 5.82 Å². The molecule has 3 aromatic heterocycles. The molecule has 0 aliphatic carbocycles. The smallest absolute Gasteiger partial charge is 0.387 e. The molecular weight excluding hydrogens is 501 g/mol. The first-order valence-corrected chi connectivity index (χ1v) is 11.7. The lowest BCUT2D eigenvalue weighted by Gasteiger charge is -2.15. The number of hydrogen-bond acceptors (Lipinski definition) is 6. The molecule has 1 amide bonds. The van der Waals surface area contributed by atoms with Crippen LogP contribution in [0.5, 0.6) is 5.75 Å². The number of carbonyl (C=O) groups is 1. The van der Waals surface area contributed by atoms with Gasteiger partial charge >= 0.3 is 6.61 Å². The van der Waals surface area contributed by atoms with E-state index in [9.17, 15) is 18.0 Å². The number of hydrogen-bond donors (Lipinski definition) is 1. The fourth-order valence-corrected chi connectivity index (χ4v) is 4.38. The Bertz CT molecular complexity index is 1500. The predicted molar refractivity (Wildman–Crippen MR) is 132 cm³/mol. The molecule has 1 aliphatic heterocycles. The number of benzene rings is 1. The number of alkyl halides is 2. The normalized spacial score (nSPS) is 17.1. The van der Waals surface area contributed by atoms with Crippen molar-refractivity contribution in [2.24, 2.45) is 5.92 Å². The molecule has 38 heavy (non-hydrogen) atoms. The van der Waals surface area contributed by atoms with Crippen LogP contribution in [0.15, 0.2) is 55.1 Å². The third kappa shape index (κ3) is 5.35. The number of halogens is 3. The third-order valence-corrected chi connectivity index (χ3v) is 6.03. The maximum Gasteiger partial charge on any atom is 0.387 e. The number of pyridine rings is 1. The number of carbonyl (C=O) groups excluding carboxylic acids is 1. The molecule has 0 spiro atoms. The highest BCUT2D eigenvalue weighted by atomic mass is 19.3. The van der Waals surface area contributed by atoms with Gasteiger partial charge in [0.25, 0.3) is 5.91 Å². The van der Waals surface area contributed by atoms with Gasteiger partial charge in [0.1, 0.15) is 26.1 Å². The zero-order valence-electron chi connectivity index (χ0n) is 20.5. The molecule has 1 aromatic carbocycles. The molecule has 0 saturated carbocycles. The fraction of sp³-hybridized carbons (Fsp3) is 0.269. The molecule has 5 rings (SSSR count). The summed E-state index contributed by atoms with van der Waals surface area (Å²) in [5.41, 5.74) is 2.33. The second-order valence-corrected chi connectivity index (χ2v) is 9.01. The van der Waals surface area contributed by atoms with E-state index in [0.29, 0.717) is 35.4 Å². The number of amides is 1. The van der Waals surface area contributed by atoms with E-state index in [2.05, 4.69) is 25.0 Å². The molecule has 0 bridgehead atoms. The molecule has 2 atom stereocenters. The SMILES string of the molecule is C[N+](C)=CC1COC[C@@H]1NC(=O)c1cnc2c(-c3cccc(OC(F)F)c3)cn(-c3ncc(F)cn3)c2c1. The van der Waals surface area contributed by atoms with Crippen molar-refractivity contribution < 1.29 is 32.0 Å². The quantitative estimate of drug-likeness (QED) is 0.294. The van der Waals surface area contributed by atoms with E-state index in [-0.39, 0.29) is 35.1 Å². The van der Waals surface area contributed by atoms with Crippen LogP contribution in [0.2, 0.25) is 0 Å². The van der Waals surface area contributed by atoms with Crippen LogP contribution < -0.4 is 10.1 Å². The molecule has 0 radical (unpaired) electrons.